The van der Waals surface area contributed by atoms with Gasteiger partial charge in [-0.3, -0.25) is 0 Å². The zero-order valence-corrected chi connectivity index (χ0v) is 13.7. The van der Waals surface area contributed by atoms with Crippen molar-refractivity contribution < 1.29 is 30.6 Å². The quantitative estimate of drug-likeness (QED) is 0.649. The summed E-state index contributed by atoms with van der Waals surface area (Å²) in [4.78, 5) is 11.9. The molecule has 0 bridgehead atoms. The number of benzene rings is 2. The van der Waals surface area contributed by atoms with Crippen molar-refractivity contribution in [2.45, 2.75) is 6.43 Å². The number of halogens is 2. The number of hydrogen-bond donors (Lipinski definition) is 0. The van der Waals surface area contributed by atoms with Gasteiger partial charge in [0.1, 0.15) is 5.58 Å². The SMILES string of the molecule is CS(=O)(=O)OC(=O)c1cccc(-c2cccc3oc(C(F)F)cc23)c1. The third-order valence-electron chi connectivity index (χ3n) is 3.43. The Morgan fingerprint density at radius 3 is 2.52 bits per heavy atom. The van der Waals surface area contributed by atoms with Crippen LogP contribution in [0.4, 0.5) is 8.78 Å². The van der Waals surface area contributed by atoms with E-state index in [0.29, 0.717) is 16.5 Å². The Morgan fingerprint density at radius 1 is 1.12 bits per heavy atom. The summed E-state index contributed by atoms with van der Waals surface area (Å²) >= 11 is 0. The summed E-state index contributed by atoms with van der Waals surface area (Å²) < 4.78 is 57.3. The van der Waals surface area contributed by atoms with E-state index >= 15 is 0 Å². The molecule has 0 radical (unpaired) electrons. The predicted molar refractivity (Wildman–Crippen MR) is 86.9 cm³/mol. The number of carbonyl (C=O) groups excluding carboxylic acids is 1. The highest BCUT2D eigenvalue weighted by molar-refractivity contribution is 7.86. The lowest BCUT2D eigenvalue weighted by Crippen LogP contribution is -2.11. The first-order valence-corrected chi connectivity index (χ1v) is 8.91. The number of alkyl halides is 2. The van der Waals surface area contributed by atoms with Crippen molar-refractivity contribution >= 4 is 27.1 Å². The Morgan fingerprint density at radius 2 is 1.84 bits per heavy atom. The maximum Gasteiger partial charge on any atom is 0.353 e. The van der Waals surface area contributed by atoms with Gasteiger partial charge in [-0.15, -0.1) is 0 Å². The summed E-state index contributed by atoms with van der Waals surface area (Å²) in [5.74, 6) is -1.47. The van der Waals surface area contributed by atoms with Gasteiger partial charge in [-0.05, 0) is 35.4 Å². The Bertz CT molecular complexity index is 1050. The molecule has 0 amide bonds. The van der Waals surface area contributed by atoms with E-state index in [2.05, 4.69) is 4.18 Å². The van der Waals surface area contributed by atoms with Crippen molar-refractivity contribution in [1.82, 2.24) is 0 Å². The van der Waals surface area contributed by atoms with Crippen LogP contribution in [0.3, 0.4) is 0 Å². The second kappa shape index (κ2) is 6.29. The predicted octanol–water partition coefficient (Wildman–Crippen LogP) is 4.15. The molecule has 25 heavy (non-hydrogen) atoms. The van der Waals surface area contributed by atoms with Crippen molar-refractivity contribution in [3.63, 3.8) is 0 Å². The highest BCUT2D eigenvalue weighted by Gasteiger charge is 2.18. The summed E-state index contributed by atoms with van der Waals surface area (Å²) in [5, 5.41) is 0.464. The maximum absolute atomic E-state index is 12.9. The Balaban J connectivity index is 2.07. The molecule has 0 aliphatic heterocycles. The van der Waals surface area contributed by atoms with Gasteiger partial charge in [0.25, 0.3) is 6.43 Å². The van der Waals surface area contributed by atoms with Crippen LogP contribution in [-0.4, -0.2) is 20.6 Å². The van der Waals surface area contributed by atoms with Crippen LogP contribution in [0.1, 0.15) is 22.5 Å². The summed E-state index contributed by atoms with van der Waals surface area (Å²) in [7, 11) is -3.94. The molecule has 0 atom stereocenters. The Labute approximate surface area is 141 Å². The molecule has 3 rings (SSSR count). The first kappa shape index (κ1) is 17.1. The van der Waals surface area contributed by atoms with Gasteiger partial charge in [0.2, 0.25) is 0 Å². The molecular formula is C17H12F2O5S. The van der Waals surface area contributed by atoms with Gasteiger partial charge in [-0.1, -0.05) is 24.3 Å². The number of rotatable bonds is 4. The van der Waals surface area contributed by atoms with Crippen LogP contribution >= 0.6 is 0 Å². The lowest BCUT2D eigenvalue weighted by atomic mass is 10.00. The van der Waals surface area contributed by atoms with Gasteiger partial charge in [0, 0.05) is 5.39 Å². The molecule has 0 aliphatic rings. The van der Waals surface area contributed by atoms with Gasteiger partial charge in [0.15, 0.2) is 5.76 Å². The summed E-state index contributed by atoms with van der Waals surface area (Å²) in [6, 6.07) is 12.2. The zero-order chi connectivity index (χ0) is 18.2. The van der Waals surface area contributed by atoms with Crippen LogP contribution in [0.2, 0.25) is 0 Å². The average Bonchev–Trinajstić information content (AvgIpc) is 2.97. The molecular weight excluding hydrogens is 354 g/mol. The zero-order valence-electron chi connectivity index (χ0n) is 12.9. The highest BCUT2D eigenvalue weighted by Crippen LogP contribution is 2.34. The highest BCUT2D eigenvalue weighted by atomic mass is 32.2. The first-order valence-electron chi connectivity index (χ1n) is 7.09. The largest absolute Gasteiger partial charge is 0.455 e. The Kier molecular flexibility index (Phi) is 4.30. The van der Waals surface area contributed by atoms with Crippen LogP contribution in [-0.2, 0) is 14.3 Å². The molecule has 2 aromatic carbocycles. The molecule has 3 aromatic rings. The van der Waals surface area contributed by atoms with E-state index in [-0.39, 0.29) is 11.1 Å². The standard InChI is InChI=1S/C17H12F2O5S/c1-25(21,22)24-17(20)11-5-2-4-10(8-11)12-6-3-7-14-13(12)9-15(23-14)16(18)19/h2-9,16H,1H3. The van der Waals surface area contributed by atoms with E-state index in [1.165, 1.54) is 18.2 Å². The molecule has 0 spiro atoms. The molecule has 1 heterocycles. The molecule has 8 heteroatoms. The van der Waals surface area contributed by atoms with Crippen molar-refractivity contribution in [2.24, 2.45) is 0 Å². The molecule has 5 nitrogen and oxygen atoms in total. The lowest BCUT2D eigenvalue weighted by Gasteiger charge is -2.06. The van der Waals surface area contributed by atoms with Crippen LogP contribution in [0, 0.1) is 0 Å². The lowest BCUT2D eigenvalue weighted by molar-refractivity contribution is 0.0748. The molecule has 0 fully saturated rings. The summed E-state index contributed by atoms with van der Waals surface area (Å²) in [5.41, 5.74) is 1.42. The van der Waals surface area contributed by atoms with Crippen LogP contribution in [0.15, 0.2) is 52.9 Å². The number of fused-ring (bicyclic) bond motifs is 1. The monoisotopic (exact) mass is 366 g/mol. The molecule has 130 valence electrons. The van der Waals surface area contributed by atoms with Crippen LogP contribution in [0.25, 0.3) is 22.1 Å². The minimum absolute atomic E-state index is 0.0255. The molecule has 0 unspecified atom stereocenters. The summed E-state index contributed by atoms with van der Waals surface area (Å²) in [6.45, 7) is 0. The van der Waals surface area contributed by atoms with E-state index in [0.717, 1.165) is 6.26 Å². The number of furan rings is 1. The molecule has 0 aliphatic carbocycles. The Hall–Kier alpha value is -2.74. The minimum atomic E-state index is -3.94. The molecule has 0 N–H and O–H groups in total. The van der Waals surface area contributed by atoms with Gasteiger partial charge < -0.3 is 8.60 Å². The third kappa shape index (κ3) is 3.69. The van der Waals surface area contributed by atoms with Gasteiger partial charge in [-0.25, -0.2) is 13.6 Å². The van der Waals surface area contributed by atoms with E-state index < -0.39 is 28.3 Å². The van der Waals surface area contributed by atoms with E-state index in [1.807, 2.05) is 0 Å². The molecule has 0 saturated carbocycles. The fourth-order valence-electron chi connectivity index (χ4n) is 2.44. The van der Waals surface area contributed by atoms with E-state index in [9.17, 15) is 22.0 Å². The average molecular weight is 366 g/mol. The first-order chi connectivity index (χ1) is 11.7. The number of hydrogen-bond acceptors (Lipinski definition) is 5. The van der Waals surface area contributed by atoms with Crippen molar-refractivity contribution in [1.29, 1.82) is 0 Å². The normalized spacial score (nSPS) is 11.8. The van der Waals surface area contributed by atoms with E-state index in [4.69, 9.17) is 4.42 Å². The van der Waals surface area contributed by atoms with Crippen molar-refractivity contribution in [2.75, 3.05) is 6.26 Å². The molecule has 0 saturated heterocycles. The van der Waals surface area contributed by atoms with E-state index in [1.54, 1.807) is 30.3 Å². The van der Waals surface area contributed by atoms with Gasteiger partial charge in [-0.2, -0.15) is 8.42 Å². The fourth-order valence-corrected chi connectivity index (χ4v) is 2.81. The maximum atomic E-state index is 12.9. The van der Waals surface area contributed by atoms with Crippen LogP contribution < -0.4 is 0 Å². The van der Waals surface area contributed by atoms with Gasteiger partial charge in [0.05, 0.1) is 11.8 Å². The number of carbonyl (C=O) groups is 1. The molecule has 1 aromatic heterocycles. The second-order valence-electron chi connectivity index (χ2n) is 5.32. The fraction of sp³-hybridized carbons (Fsp3) is 0.118. The third-order valence-corrected chi connectivity index (χ3v) is 3.89. The van der Waals surface area contributed by atoms with Crippen molar-refractivity contribution in [3.05, 3.63) is 59.9 Å². The topological polar surface area (TPSA) is 73.6 Å². The van der Waals surface area contributed by atoms with Gasteiger partial charge >= 0.3 is 16.1 Å². The second-order valence-corrected chi connectivity index (χ2v) is 6.90. The summed E-state index contributed by atoms with van der Waals surface area (Å²) in [6.07, 6.45) is -1.97. The minimum Gasteiger partial charge on any atom is -0.455 e. The van der Waals surface area contributed by atoms with Crippen LogP contribution in [0.5, 0.6) is 0 Å². The smallest absolute Gasteiger partial charge is 0.353 e. The van der Waals surface area contributed by atoms with Crippen molar-refractivity contribution in [3.8, 4) is 11.1 Å².